The molecule has 0 unspecified atom stereocenters. The molecule has 0 bridgehead atoms. The normalized spacial score (nSPS) is 52.3. The van der Waals surface area contributed by atoms with Crippen molar-refractivity contribution in [3.05, 3.63) is 11.6 Å². The predicted octanol–water partition coefficient (Wildman–Crippen LogP) is 4.81. The van der Waals surface area contributed by atoms with Gasteiger partial charge in [0.25, 0.3) is 0 Å². The van der Waals surface area contributed by atoms with Crippen LogP contribution < -0.4 is 0 Å². The van der Waals surface area contributed by atoms with Crippen molar-refractivity contribution in [3.63, 3.8) is 0 Å². The SMILES string of the molecule is CC(C)(O)[C@@H](O)[C@H]1C[C@@H]([C@@H]2CC[C@]3(C)C4=CC[C@H]5C(C)(C)[C@H](O)CC[C@]5(C)[C@H]4CC[C@@]23C)[C@H](O)O1. The molecule has 3 saturated carbocycles. The molecule has 11 atom stereocenters. The van der Waals surface area contributed by atoms with Crippen LogP contribution in [0, 0.1) is 45.3 Å². The van der Waals surface area contributed by atoms with Crippen molar-refractivity contribution < 1.29 is 25.2 Å². The van der Waals surface area contributed by atoms with Crippen LogP contribution >= 0.6 is 0 Å². The summed E-state index contributed by atoms with van der Waals surface area (Å²) < 4.78 is 5.87. The molecule has 1 aliphatic heterocycles. The molecule has 0 radical (unpaired) electrons. The molecule has 5 aliphatic rings. The average molecular weight is 491 g/mol. The van der Waals surface area contributed by atoms with Crippen LogP contribution in [0.1, 0.15) is 99.8 Å². The lowest BCUT2D eigenvalue weighted by molar-refractivity contribution is -0.173. The largest absolute Gasteiger partial charge is 0.393 e. The minimum atomic E-state index is -1.26. The fraction of sp³-hybridized carbons (Fsp3) is 0.933. The van der Waals surface area contributed by atoms with Gasteiger partial charge in [0.2, 0.25) is 0 Å². The van der Waals surface area contributed by atoms with E-state index in [0.717, 1.165) is 38.5 Å². The molecule has 0 spiro atoms. The molecule has 200 valence electrons. The van der Waals surface area contributed by atoms with Crippen LogP contribution in [0.4, 0.5) is 0 Å². The van der Waals surface area contributed by atoms with Gasteiger partial charge in [-0.05, 0) is 105 Å². The van der Waals surface area contributed by atoms with Crippen LogP contribution in [-0.2, 0) is 4.74 Å². The Kier molecular flexibility index (Phi) is 6.00. The average Bonchev–Trinajstić information content (AvgIpc) is 3.26. The second-order valence-electron chi connectivity index (χ2n) is 14.9. The van der Waals surface area contributed by atoms with Crippen molar-refractivity contribution in [2.45, 2.75) is 130 Å². The third kappa shape index (κ3) is 3.51. The Balaban J connectivity index is 1.44. The maximum atomic E-state index is 11.0. The van der Waals surface area contributed by atoms with E-state index < -0.39 is 24.1 Å². The number of aliphatic hydroxyl groups excluding tert-OH is 3. The Bertz CT molecular complexity index is 874. The maximum Gasteiger partial charge on any atom is 0.158 e. The molecule has 35 heavy (non-hydrogen) atoms. The zero-order valence-electron chi connectivity index (χ0n) is 23.1. The van der Waals surface area contributed by atoms with E-state index >= 15 is 0 Å². The quantitative estimate of drug-likeness (QED) is 0.427. The fourth-order valence-corrected chi connectivity index (χ4v) is 10.2. The lowest BCUT2D eigenvalue weighted by Gasteiger charge is -2.64. The molecule has 4 aliphatic carbocycles. The van der Waals surface area contributed by atoms with Crippen LogP contribution in [0.2, 0.25) is 0 Å². The van der Waals surface area contributed by atoms with Gasteiger partial charge in [0.15, 0.2) is 6.29 Å². The molecule has 0 aromatic rings. The summed E-state index contributed by atoms with van der Waals surface area (Å²) in [7, 11) is 0. The van der Waals surface area contributed by atoms with E-state index in [1.54, 1.807) is 19.4 Å². The van der Waals surface area contributed by atoms with Gasteiger partial charge in [0.05, 0.1) is 17.8 Å². The third-order valence-electron chi connectivity index (χ3n) is 12.7. The van der Waals surface area contributed by atoms with Gasteiger partial charge in [0, 0.05) is 5.92 Å². The minimum absolute atomic E-state index is 0.0170. The lowest BCUT2D eigenvalue weighted by atomic mass is 9.41. The minimum Gasteiger partial charge on any atom is -0.393 e. The Labute approximate surface area is 212 Å². The molecule has 1 heterocycles. The molecule has 5 nitrogen and oxygen atoms in total. The predicted molar refractivity (Wildman–Crippen MR) is 136 cm³/mol. The third-order valence-corrected chi connectivity index (χ3v) is 12.7. The van der Waals surface area contributed by atoms with Crippen LogP contribution in [0.15, 0.2) is 11.6 Å². The van der Waals surface area contributed by atoms with Crippen LogP contribution in [0.5, 0.6) is 0 Å². The first-order valence-corrected chi connectivity index (χ1v) is 14.2. The summed E-state index contributed by atoms with van der Waals surface area (Å²) in [6, 6.07) is 0. The number of allylic oxidation sites excluding steroid dienone is 2. The molecular formula is C30H50O5. The van der Waals surface area contributed by atoms with Crippen molar-refractivity contribution >= 4 is 0 Å². The summed E-state index contributed by atoms with van der Waals surface area (Å²) >= 11 is 0. The molecule has 0 amide bonds. The first kappa shape index (κ1) is 26.2. The maximum absolute atomic E-state index is 11.0. The monoisotopic (exact) mass is 490 g/mol. The van der Waals surface area contributed by atoms with Crippen molar-refractivity contribution in [1.29, 1.82) is 0 Å². The van der Waals surface area contributed by atoms with E-state index in [1.807, 2.05) is 0 Å². The fourth-order valence-electron chi connectivity index (χ4n) is 10.2. The lowest BCUT2D eigenvalue weighted by Crippen LogP contribution is -2.58. The van der Waals surface area contributed by atoms with Crippen molar-refractivity contribution in [2.24, 2.45) is 45.3 Å². The first-order valence-electron chi connectivity index (χ1n) is 14.2. The van der Waals surface area contributed by atoms with E-state index in [1.165, 1.54) is 6.42 Å². The number of rotatable bonds is 3. The highest BCUT2D eigenvalue weighted by Gasteiger charge is 2.66. The second-order valence-corrected chi connectivity index (χ2v) is 14.9. The molecule has 5 rings (SSSR count). The number of hydrogen-bond donors (Lipinski definition) is 4. The van der Waals surface area contributed by atoms with Crippen LogP contribution in [-0.4, -0.2) is 50.6 Å². The molecule has 0 aromatic carbocycles. The Hall–Kier alpha value is -0.460. The molecular weight excluding hydrogens is 440 g/mol. The highest BCUT2D eigenvalue weighted by Crippen LogP contribution is 2.73. The van der Waals surface area contributed by atoms with Crippen molar-refractivity contribution in [3.8, 4) is 0 Å². The summed E-state index contributed by atoms with van der Waals surface area (Å²) in [6.07, 6.45) is 8.08. The smallest absolute Gasteiger partial charge is 0.158 e. The van der Waals surface area contributed by atoms with Crippen LogP contribution in [0.3, 0.4) is 0 Å². The van der Waals surface area contributed by atoms with Gasteiger partial charge in [-0.2, -0.15) is 0 Å². The highest BCUT2D eigenvalue weighted by atomic mass is 16.6. The molecule has 1 saturated heterocycles. The van der Waals surface area contributed by atoms with Gasteiger partial charge in [-0.15, -0.1) is 0 Å². The van der Waals surface area contributed by atoms with Gasteiger partial charge in [-0.1, -0.05) is 46.3 Å². The summed E-state index contributed by atoms with van der Waals surface area (Å²) in [4.78, 5) is 0. The Morgan fingerprint density at radius 3 is 2.34 bits per heavy atom. The summed E-state index contributed by atoms with van der Waals surface area (Å²) in [5.74, 6) is 1.39. The first-order chi connectivity index (χ1) is 16.1. The number of aliphatic hydroxyl groups is 4. The highest BCUT2D eigenvalue weighted by molar-refractivity contribution is 5.33. The molecule has 5 heteroatoms. The zero-order chi connectivity index (χ0) is 25.8. The van der Waals surface area contributed by atoms with Crippen molar-refractivity contribution in [2.75, 3.05) is 0 Å². The Morgan fingerprint density at radius 1 is 1.00 bits per heavy atom. The van der Waals surface area contributed by atoms with Crippen LogP contribution in [0.25, 0.3) is 0 Å². The standard InChI is InChI=1S/C30H50O5/c1-26(2)22-9-8-20-19(28(22,5)13-12-23(26)31)11-15-29(6)18(10-14-30(20,29)7)17-16-21(35-25(17)33)24(32)27(3,4)34/h8,17-19,21-25,31-34H,9-16H2,1-7H3/t17-,18-,19-,21+,22-,23+,24-,25+,28+,29-,30+/m0/s1. The second kappa shape index (κ2) is 8.02. The number of ether oxygens (including phenoxy) is 1. The number of hydrogen-bond acceptors (Lipinski definition) is 5. The summed E-state index contributed by atoms with van der Waals surface area (Å²) in [5, 5.41) is 42.8. The van der Waals surface area contributed by atoms with Crippen molar-refractivity contribution in [1.82, 2.24) is 0 Å². The van der Waals surface area contributed by atoms with E-state index in [2.05, 4.69) is 40.7 Å². The zero-order valence-corrected chi connectivity index (χ0v) is 23.1. The molecule has 0 aromatic heterocycles. The molecule has 4 fully saturated rings. The van der Waals surface area contributed by atoms with Gasteiger partial charge in [-0.3, -0.25) is 0 Å². The number of fused-ring (bicyclic) bond motifs is 5. The summed E-state index contributed by atoms with van der Waals surface area (Å²) in [6.45, 7) is 15.2. The van der Waals surface area contributed by atoms with Gasteiger partial charge >= 0.3 is 0 Å². The summed E-state index contributed by atoms with van der Waals surface area (Å²) in [5.41, 5.74) is 0.740. The Morgan fingerprint density at radius 2 is 1.69 bits per heavy atom. The van der Waals surface area contributed by atoms with E-state index in [9.17, 15) is 20.4 Å². The van der Waals surface area contributed by atoms with E-state index in [0.29, 0.717) is 24.2 Å². The van der Waals surface area contributed by atoms with Gasteiger partial charge in [0.1, 0.15) is 6.10 Å². The molecule has 4 N–H and O–H groups in total. The van der Waals surface area contributed by atoms with Gasteiger partial charge in [-0.25, -0.2) is 0 Å². The van der Waals surface area contributed by atoms with E-state index in [4.69, 9.17) is 4.74 Å². The topological polar surface area (TPSA) is 90.2 Å². The van der Waals surface area contributed by atoms with E-state index in [-0.39, 0.29) is 33.7 Å². The van der Waals surface area contributed by atoms with Gasteiger partial charge < -0.3 is 25.2 Å².